The molecule has 0 saturated heterocycles. The summed E-state index contributed by atoms with van der Waals surface area (Å²) in [5, 5.41) is 0.298. The Morgan fingerprint density at radius 2 is 1.31 bits per heavy atom. The quantitative estimate of drug-likeness (QED) is 0.470. The van der Waals surface area contributed by atoms with Crippen LogP contribution in [-0.2, 0) is 0 Å². The summed E-state index contributed by atoms with van der Waals surface area (Å²) in [6.45, 7) is 0. The fraction of sp³-hybridized carbons (Fsp3) is 0.0400. The second-order valence-corrected chi connectivity index (χ2v) is 7.74. The van der Waals surface area contributed by atoms with Gasteiger partial charge in [0, 0.05) is 11.1 Å². The van der Waals surface area contributed by atoms with Gasteiger partial charge < -0.3 is 0 Å². The van der Waals surface area contributed by atoms with Gasteiger partial charge in [-0.15, -0.1) is 0 Å². The summed E-state index contributed by atoms with van der Waals surface area (Å²) < 4.78 is 16.2. The lowest BCUT2D eigenvalue weighted by molar-refractivity contribution is 0.0987. The average molecular weight is 424 g/mol. The average Bonchev–Trinajstić information content (AvgIpc) is 3.18. The number of allylic oxidation sites excluding steroid dienone is 2. The molecule has 1 aliphatic carbocycles. The highest BCUT2D eigenvalue weighted by Crippen LogP contribution is 2.41. The summed E-state index contributed by atoms with van der Waals surface area (Å²) in [7, 11) is 0. The Balaban J connectivity index is 1.80. The first-order chi connectivity index (χ1) is 15.5. The highest BCUT2D eigenvalue weighted by atomic mass is 19.1. The second-order valence-electron chi connectivity index (χ2n) is 7.74. The first kappa shape index (κ1) is 18.4. The zero-order chi connectivity index (χ0) is 22.1. The fourth-order valence-corrected chi connectivity index (χ4v) is 4.68. The highest BCUT2D eigenvalue weighted by Gasteiger charge is 2.45. The van der Waals surface area contributed by atoms with Gasteiger partial charge in [0.25, 0.3) is 11.1 Å². The number of hydrogen-bond donors (Lipinski definition) is 0. The smallest absolute Gasteiger partial charge is 0.278 e. The van der Waals surface area contributed by atoms with Crippen LogP contribution in [0.5, 0.6) is 0 Å². The van der Waals surface area contributed by atoms with E-state index in [-0.39, 0.29) is 33.2 Å². The highest BCUT2D eigenvalue weighted by molar-refractivity contribution is 6.38. The van der Waals surface area contributed by atoms with Crippen molar-refractivity contribution in [2.24, 2.45) is 0 Å². The molecule has 1 atom stereocenters. The van der Waals surface area contributed by atoms with E-state index < -0.39 is 34.5 Å². The summed E-state index contributed by atoms with van der Waals surface area (Å²) in [5.74, 6) is -1.56. The Morgan fingerprint density at radius 3 is 2.00 bits per heavy atom. The summed E-state index contributed by atoms with van der Waals surface area (Å²) in [6.07, 6.45) is 0. The molecule has 4 aromatic rings. The summed E-state index contributed by atoms with van der Waals surface area (Å²) in [6, 6.07) is 17.0. The van der Waals surface area contributed by atoms with Crippen molar-refractivity contribution < 1.29 is 14.0 Å². The van der Waals surface area contributed by atoms with Gasteiger partial charge in [0.2, 0.25) is 5.78 Å². The molecule has 32 heavy (non-hydrogen) atoms. The molecule has 3 aromatic carbocycles. The van der Waals surface area contributed by atoms with Crippen molar-refractivity contribution in [1.82, 2.24) is 9.36 Å². The van der Waals surface area contributed by atoms with E-state index >= 15 is 0 Å². The van der Waals surface area contributed by atoms with E-state index in [2.05, 4.69) is 0 Å². The molecule has 1 aromatic heterocycles. The van der Waals surface area contributed by atoms with Crippen LogP contribution in [0.25, 0.3) is 16.5 Å². The monoisotopic (exact) mass is 424 g/mol. The van der Waals surface area contributed by atoms with E-state index in [0.717, 1.165) is 9.36 Å². The topological polar surface area (TPSA) is 78.1 Å². The van der Waals surface area contributed by atoms with E-state index in [1.54, 1.807) is 30.3 Å². The van der Waals surface area contributed by atoms with Crippen molar-refractivity contribution in [1.29, 1.82) is 0 Å². The first-order valence-corrected chi connectivity index (χ1v) is 9.94. The van der Waals surface area contributed by atoms with Crippen molar-refractivity contribution in [2.45, 2.75) is 6.04 Å². The van der Waals surface area contributed by atoms with Gasteiger partial charge in [-0.3, -0.25) is 19.2 Å². The maximum Gasteiger partial charge on any atom is 0.278 e. The number of aromatic nitrogens is 2. The molecule has 2 aliphatic rings. The van der Waals surface area contributed by atoms with Crippen LogP contribution in [0, 0.1) is 5.82 Å². The van der Waals surface area contributed by atoms with Crippen LogP contribution in [0.1, 0.15) is 32.3 Å². The number of rotatable bonds is 1. The molecule has 0 N–H and O–H groups in total. The molecular formula is C25H13FN2O4. The summed E-state index contributed by atoms with van der Waals surface area (Å²) in [4.78, 5) is 54.1. The predicted molar refractivity (Wildman–Crippen MR) is 115 cm³/mol. The fourth-order valence-electron chi connectivity index (χ4n) is 4.68. The lowest BCUT2D eigenvalue weighted by Gasteiger charge is -2.19. The Hall–Kier alpha value is -4.39. The van der Waals surface area contributed by atoms with Crippen LogP contribution in [0.15, 0.2) is 88.0 Å². The van der Waals surface area contributed by atoms with Crippen LogP contribution < -0.4 is 11.1 Å². The van der Waals surface area contributed by atoms with Crippen molar-refractivity contribution >= 4 is 28.0 Å². The minimum atomic E-state index is -1.12. The molecule has 0 saturated carbocycles. The third kappa shape index (κ3) is 2.22. The maximum absolute atomic E-state index is 14.1. The van der Waals surface area contributed by atoms with Crippen molar-refractivity contribution in [3.63, 3.8) is 0 Å². The van der Waals surface area contributed by atoms with Crippen LogP contribution >= 0.6 is 0 Å². The molecule has 0 radical (unpaired) electrons. The van der Waals surface area contributed by atoms with E-state index in [1.807, 2.05) is 0 Å². The molecule has 7 heteroatoms. The number of nitrogens with zero attached hydrogens (tertiary/aromatic N) is 2. The number of benzene rings is 3. The Labute approximate surface area is 179 Å². The molecule has 1 unspecified atom stereocenters. The SMILES string of the molecule is O=C1C2=C(C(=O)c3ccccc31)n1c(=O)c3ccccc3c(=O)n1C2c1cccc(F)c1. The zero-order valence-electron chi connectivity index (χ0n) is 16.4. The van der Waals surface area contributed by atoms with Crippen LogP contribution in [0.2, 0.25) is 0 Å². The van der Waals surface area contributed by atoms with Crippen molar-refractivity contribution in [3.05, 3.63) is 122 Å². The lowest BCUT2D eigenvalue weighted by Crippen LogP contribution is -2.38. The van der Waals surface area contributed by atoms with Gasteiger partial charge in [-0.1, -0.05) is 48.5 Å². The first-order valence-electron chi connectivity index (χ1n) is 9.94. The Kier molecular flexibility index (Phi) is 3.62. The number of halogens is 1. The van der Waals surface area contributed by atoms with Gasteiger partial charge >= 0.3 is 0 Å². The van der Waals surface area contributed by atoms with E-state index in [1.165, 1.54) is 42.5 Å². The van der Waals surface area contributed by atoms with E-state index in [0.29, 0.717) is 5.56 Å². The number of ketones is 2. The van der Waals surface area contributed by atoms with Crippen LogP contribution in [0.4, 0.5) is 4.39 Å². The number of fused-ring (bicyclic) bond motifs is 4. The predicted octanol–water partition coefficient (Wildman–Crippen LogP) is 3.20. The Bertz CT molecular complexity index is 1680. The third-order valence-electron chi connectivity index (χ3n) is 6.03. The maximum atomic E-state index is 14.1. The summed E-state index contributed by atoms with van der Waals surface area (Å²) >= 11 is 0. The van der Waals surface area contributed by atoms with E-state index in [9.17, 15) is 23.6 Å². The molecular weight excluding hydrogens is 411 g/mol. The second kappa shape index (κ2) is 6.31. The molecule has 0 fully saturated rings. The number of Topliss-reactive ketones (excluding diaryl/α,β-unsaturated/α-hetero) is 2. The zero-order valence-corrected chi connectivity index (χ0v) is 16.4. The van der Waals surface area contributed by atoms with Crippen LogP contribution in [-0.4, -0.2) is 20.9 Å². The van der Waals surface area contributed by atoms with Gasteiger partial charge in [0.1, 0.15) is 17.6 Å². The van der Waals surface area contributed by atoms with Gasteiger partial charge in [-0.25, -0.2) is 13.8 Å². The molecule has 0 spiro atoms. The van der Waals surface area contributed by atoms with Crippen LogP contribution in [0.3, 0.4) is 0 Å². The van der Waals surface area contributed by atoms with Gasteiger partial charge in [-0.05, 0) is 29.8 Å². The lowest BCUT2D eigenvalue weighted by atomic mass is 9.83. The van der Waals surface area contributed by atoms with E-state index in [4.69, 9.17) is 0 Å². The Morgan fingerprint density at radius 1 is 0.688 bits per heavy atom. The van der Waals surface area contributed by atoms with Gasteiger partial charge in [0.15, 0.2) is 5.78 Å². The minimum absolute atomic E-state index is 0.00574. The van der Waals surface area contributed by atoms with Gasteiger partial charge in [0.05, 0.1) is 16.3 Å². The molecule has 1 aliphatic heterocycles. The van der Waals surface area contributed by atoms with Gasteiger partial charge in [-0.2, -0.15) is 0 Å². The number of hydrogen-bond acceptors (Lipinski definition) is 4. The molecule has 6 nitrogen and oxygen atoms in total. The van der Waals surface area contributed by atoms with Crippen molar-refractivity contribution in [3.8, 4) is 0 Å². The summed E-state index contributed by atoms with van der Waals surface area (Å²) in [5.41, 5.74) is -0.655. The normalized spacial score (nSPS) is 16.8. The third-order valence-corrected chi connectivity index (χ3v) is 6.03. The van der Waals surface area contributed by atoms with Crippen molar-refractivity contribution in [2.75, 3.05) is 0 Å². The minimum Gasteiger partial charge on any atom is -0.289 e. The molecule has 154 valence electrons. The number of carbonyl (C=O) groups is 2. The standard InChI is InChI=1S/C25H13FN2O4/c26-14-7-5-6-13(12-14)20-19-21(23(30)16-9-2-1-8-15(16)22(19)29)28-25(32)18-11-4-3-10-17(18)24(31)27(20)28/h1-12,20H. The molecule has 0 amide bonds. The molecule has 2 heterocycles. The largest absolute Gasteiger partial charge is 0.289 e. The molecule has 6 rings (SSSR count). The number of carbonyl (C=O) groups excluding carboxylic acids is 2. The molecule has 0 bridgehead atoms.